The molecule has 2 heterocycles. The number of halogens is 3. The highest BCUT2D eigenvalue weighted by molar-refractivity contribution is 7.84. The van der Waals surface area contributed by atoms with Crippen molar-refractivity contribution in [2.75, 3.05) is 5.75 Å². The predicted molar refractivity (Wildman–Crippen MR) is 138 cm³/mol. The molecule has 0 saturated carbocycles. The number of alkyl halides is 3. The van der Waals surface area contributed by atoms with Gasteiger partial charge in [-0.2, -0.15) is 5.10 Å². The SMILES string of the molecule is Cc1cc(OCc2coc(C=Cc3ccc(OC(F)(F)F)cc3)n2)ccc1CS(=O)CCc1ccnn1C. The zero-order valence-electron chi connectivity index (χ0n) is 20.8. The van der Waals surface area contributed by atoms with Crippen LogP contribution in [0, 0.1) is 6.92 Å². The van der Waals surface area contributed by atoms with E-state index in [4.69, 9.17) is 9.15 Å². The van der Waals surface area contributed by atoms with Gasteiger partial charge in [-0.15, -0.1) is 13.2 Å². The van der Waals surface area contributed by atoms with Crippen LogP contribution in [0.2, 0.25) is 0 Å². The van der Waals surface area contributed by atoms with Crippen molar-refractivity contribution in [1.29, 1.82) is 0 Å². The molecule has 1 atom stereocenters. The highest BCUT2D eigenvalue weighted by atomic mass is 32.2. The molecular weight excluding hydrogens is 519 g/mol. The Balaban J connectivity index is 1.26. The number of rotatable bonds is 11. The van der Waals surface area contributed by atoms with Gasteiger partial charge in [0.25, 0.3) is 0 Å². The molecule has 0 radical (unpaired) electrons. The van der Waals surface area contributed by atoms with Crippen LogP contribution in [0.15, 0.2) is 65.4 Å². The minimum atomic E-state index is -4.73. The lowest BCUT2D eigenvalue weighted by molar-refractivity contribution is -0.274. The molecule has 11 heteroatoms. The topological polar surface area (TPSA) is 79.4 Å². The van der Waals surface area contributed by atoms with Crippen molar-refractivity contribution in [3.63, 3.8) is 0 Å². The molecule has 2 aromatic heterocycles. The molecule has 1 unspecified atom stereocenters. The van der Waals surface area contributed by atoms with Crippen molar-refractivity contribution in [2.45, 2.75) is 32.1 Å². The Bertz CT molecular complexity index is 1410. The van der Waals surface area contributed by atoms with Gasteiger partial charge in [0.05, 0.1) is 0 Å². The van der Waals surface area contributed by atoms with E-state index in [-0.39, 0.29) is 12.4 Å². The Morgan fingerprint density at radius 2 is 1.84 bits per heavy atom. The molecule has 0 aliphatic rings. The van der Waals surface area contributed by atoms with Gasteiger partial charge in [-0.3, -0.25) is 8.89 Å². The van der Waals surface area contributed by atoms with Crippen molar-refractivity contribution < 1.29 is 31.3 Å². The van der Waals surface area contributed by atoms with E-state index in [1.807, 2.05) is 38.2 Å². The fourth-order valence-corrected chi connectivity index (χ4v) is 4.85. The lowest BCUT2D eigenvalue weighted by Crippen LogP contribution is -2.16. The first-order chi connectivity index (χ1) is 18.1. The van der Waals surface area contributed by atoms with Crippen molar-refractivity contribution in [3.8, 4) is 11.5 Å². The summed E-state index contributed by atoms with van der Waals surface area (Å²) in [5.41, 5.74) is 4.29. The summed E-state index contributed by atoms with van der Waals surface area (Å²) in [4.78, 5) is 4.34. The van der Waals surface area contributed by atoms with E-state index in [2.05, 4.69) is 14.8 Å². The summed E-state index contributed by atoms with van der Waals surface area (Å²) >= 11 is 0. The first kappa shape index (κ1) is 27.2. The molecule has 0 N–H and O–H groups in total. The van der Waals surface area contributed by atoms with Gasteiger partial charge < -0.3 is 13.9 Å². The number of oxazole rings is 1. The summed E-state index contributed by atoms with van der Waals surface area (Å²) in [6.45, 7) is 2.15. The number of hydrogen-bond acceptors (Lipinski definition) is 6. The van der Waals surface area contributed by atoms with Crippen LogP contribution in [-0.2, 0) is 36.6 Å². The van der Waals surface area contributed by atoms with Crippen molar-refractivity contribution in [1.82, 2.24) is 14.8 Å². The minimum Gasteiger partial charge on any atom is -0.487 e. The maximum absolute atomic E-state index is 12.6. The van der Waals surface area contributed by atoms with E-state index in [0.717, 1.165) is 16.8 Å². The minimum absolute atomic E-state index is 0.191. The summed E-state index contributed by atoms with van der Waals surface area (Å²) in [5.74, 6) is 1.74. The van der Waals surface area contributed by atoms with E-state index in [1.165, 1.54) is 30.5 Å². The number of nitrogens with zero attached hydrogens (tertiary/aromatic N) is 3. The molecule has 0 amide bonds. The van der Waals surface area contributed by atoms with Crippen molar-refractivity contribution >= 4 is 23.0 Å². The molecule has 0 bridgehead atoms. The quantitative estimate of drug-likeness (QED) is 0.235. The Labute approximate surface area is 220 Å². The zero-order chi connectivity index (χ0) is 27.1. The predicted octanol–water partition coefficient (Wildman–Crippen LogP) is 5.86. The van der Waals surface area contributed by atoms with Crippen LogP contribution in [0.5, 0.6) is 11.5 Å². The number of ether oxygens (including phenoxy) is 2. The Morgan fingerprint density at radius 3 is 2.53 bits per heavy atom. The zero-order valence-corrected chi connectivity index (χ0v) is 21.6. The summed E-state index contributed by atoms with van der Waals surface area (Å²) < 4.78 is 66.3. The average molecular weight is 546 g/mol. The Hall–Kier alpha value is -3.86. The van der Waals surface area contributed by atoms with Crippen molar-refractivity contribution in [3.05, 3.63) is 95.0 Å². The Kier molecular flexibility index (Phi) is 8.67. The van der Waals surface area contributed by atoms with E-state index in [0.29, 0.717) is 40.8 Å². The monoisotopic (exact) mass is 545 g/mol. The summed E-state index contributed by atoms with van der Waals surface area (Å²) in [6, 6.07) is 13.1. The average Bonchev–Trinajstić information content (AvgIpc) is 3.50. The maximum atomic E-state index is 12.6. The van der Waals surface area contributed by atoms with E-state index in [1.54, 1.807) is 23.0 Å². The van der Waals surface area contributed by atoms with Crippen LogP contribution in [0.3, 0.4) is 0 Å². The highest BCUT2D eigenvalue weighted by Crippen LogP contribution is 2.23. The van der Waals surface area contributed by atoms with Gasteiger partial charge in [0.15, 0.2) is 0 Å². The standard InChI is InChI=1S/C27H26F3N3O4S/c1-19-15-25(9-6-21(19)18-38(34)14-12-23-11-13-31-33(23)2)35-16-22-17-36-26(32-22)10-5-20-3-7-24(8-4-20)37-27(28,29)30/h3-11,13,15,17H,12,14,16,18H2,1-2H3. The van der Waals surface area contributed by atoms with Crippen LogP contribution < -0.4 is 9.47 Å². The van der Waals surface area contributed by atoms with Crippen LogP contribution in [0.1, 0.15) is 34.0 Å². The normalized spacial score (nSPS) is 12.7. The van der Waals surface area contributed by atoms with Crippen LogP contribution >= 0.6 is 0 Å². The van der Waals surface area contributed by atoms with Gasteiger partial charge in [-0.05, 0) is 60.0 Å². The van der Waals surface area contributed by atoms with Crippen LogP contribution in [-0.4, -0.2) is 31.1 Å². The van der Waals surface area contributed by atoms with E-state index < -0.39 is 17.2 Å². The fraction of sp³-hybridized carbons (Fsp3) is 0.259. The molecule has 38 heavy (non-hydrogen) atoms. The van der Waals surface area contributed by atoms with Gasteiger partial charge in [-0.25, -0.2) is 4.98 Å². The molecule has 2 aromatic carbocycles. The lowest BCUT2D eigenvalue weighted by atomic mass is 10.1. The second-order valence-corrected chi connectivity index (χ2v) is 10.1. The lowest BCUT2D eigenvalue weighted by Gasteiger charge is -2.10. The van der Waals surface area contributed by atoms with Gasteiger partial charge >= 0.3 is 6.36 Å². The molecular formula is C27H26F3N3O4S. The summed E-state index contributed by atoms with van der Waals surface area (Å²) in [7, 11) is 0.880. The largest absolute Gasteiger partial charge is 0.573 e. The molecule has 0 saturated heterocycles. The second kappa shape index (κ2) is 12.1. The van der Waals surface area contributed by atoms with Gasteiger partial charge in [0.2, 0.25) is 5.89 Å². The molecule has 4 aromatic rings. The van der Waals surface area contributed by atoms with Gasteiger partial charge in [0.1, 0.15) is 30.1 Å². The molecule has 0 aliphatic carbocycles. The maximum Gasteiger partial charge on any atom is 0.573 e. The Morgan fingerprint density at radius 1 is 1.08 bits per heavy atom. The summed E-state index contributed by atoms with van der Waals surface area (Å²) in [5, 5.41) is 4.13. The molecule has 7 nitrogen and oxygen atoms in total. The van der Waals surface area contributed by atoms with Crippen LogP contribution in [0.4, 0.5) is 13.2 Å². The van der Waals surface area contributed by atoms with E-state index >= 15 is 0 Å². The number of aromatic nitrogens is 3. The van der Waals surface area contributed by atoms with Crippen LogP contribution in [0.25, 0.3) is 12.2 Å². The molecule has 0 fully saturated rings. The third-order valence-corrected chi connectivity index (χ3v) is 6.92. The third-order valence-electron chi connectivity index (χ3n) is 5.63. The second-order valence-electron chi connectivity index (χ2n) is 8.49. The smallest absolute Gasteiger partial charge is 0.487 e. The van der Waals surface area contributed by atoms with Gasteiger partial charge in [-0.1, -0.05) is 18.2 Å². The molecule has 4 rings (SSSR count). The van der Waals surface area contributed by atoms with Gasteiger partial charge in [0, 0.05) is 53.7 Å². The van der Waals surface area contributed by atoms with E-state index in [9.17, 15) is 17.4 Å². The first-order valence-electron chi connectivity index (χ1n) is 11.7. The molecule has 200 valence electrons. The molecule has 0 aliphatic heterocycles. The van der Waals surface area contributed by atoms with Crippen molar-refractivity contribution in [2.24, 2.45) is 7.05 Å². The number of aryl methyl sites for hydroxylation is 3. The fourth-order valence-electron chi connectivity index (χ4n) is 3.60. The highest BCUT2D eigenvalue weighted by Gasteiger charge is 2.30. The molecule has 0 spiro atoms. The number of hydrogen-bond donors (Lipinski definition) is 0. The third kappa shape index (κ3) is 8.07. The number of benzene rings is 2. The summed E-state index contributed by atoms with van der Waals surface area (Å²) in [6.07, 6.45) is 2.47. The first-order valence-corrected chi connectivity index (χ1v) is 13.2.